The molecule has 1 aliphatic carbocycles. The summed E-state index contributed by atoms with van der Waals surface area (Å²) in [6.07, 6.45) is 3.08. The van der Waals surface area contributed by atoms with Gasteiger partial charge in [0.15, 0.2) is 0 Å². The Morgan fingerprint density at radius 2 is 2.24 bits per heavy atom. The molecule has 1 aromatic carbocycles. The first-order valence-electron chi connectivity index (χ1n) is 7.31. The number of rotatable bonds is 7. The molecule has 1 aromatic rings. The fourth-order valence-corrected chi connectivity index (χ4v) is 2.37. The Kier molecular flexibility index (Phi) is 5.02. The summed E-state index contributed by atoms with van der Waals surface area (Å²) < 4.78 is 5.54. The lowest BCUT2D eigenvalue weighted by molar-refractivity contribution is 0.0429. The summed E-state index contributed by atoms with van der Waals surface area (Å²) in [6.45, 7) is 6.78. The topological polar surface area (TPSA) is 58.6 Å². The third-order valence-corrected chi connectivity index (χ3v) is 3.96. The summed E-state index contributed by atoms with van der Waals surface area (Å²) in [5, 5.41) is 12.3. The van der Waals surface area contributed by atoms with Crippen LogP contribution in [0.3, 0.4) is 0 Å². The highest BCUT2D eigenvalue weighted by atomic mass is 16.5. The number of hydrogen-bond acceptors (Lipinski definition) is 3. The minimum Gasteiger partial charge on any atom is -0.489 e. The van der Waals surface area contributed by atoms with Crippen LogP contribution in [0.2, 0.25) is 0 Å². The van der Waals surface area contributed by atoms with Gasteiger partial charge in [0.2, 0.25) is 0 Å². The van der Waals surface area contributed by atoms with Gasteiger partial charge < -0.3 is 15.2 Å². The van der Waals surface area contributed by atoms with Gasteiger partial charge in [-0.15, -0.1) is 0 Å². The molecule has 2 N–H and O–H groups in total. The molecule has 1 saturated carbocycles. The van der Waals surface area contributed by atoms with Gasteiger partial charge >= 0.3 is 0 Å². The van der Waals surface area contributed by atoms with Crippen LogP contribution in [0.25, 0.3) is 0 Å². The number of aliphatic hydroxyl groups is 1. The van der Waals surface area contributed by atoms with Gasteiger partial charge in [0, 0.05) is 17.5 Å². The Morgan fingerprint density at radius 1 is 1.48 bits per heavy atom. The Bertz CT molecular complexity index is 515. The van der Waals surface area contributed by atoms with E-state index in [1.165, 1.54) is 0 Å². The smallest absolute Gasteiger partial charge is 0.251 e. The molecule has 0 bridgehead atoms. The van der Waals surface area contributed by atoms with Crippen molar-refractivity contribution in [1.82, 2.24) is 5.32 Å². The number of aliphatic hydroxyl groups excluding tert-OH is 1. The fraction of sp³-hybridized carbons (Fsp3) is 0.471. The molecule has 21 heavy (non-hydrogen) atoms. The Morgan fingerprint density at radius 3 is 2.81 bits per heavy atom. The summed E-state index contributed by atoms with van der Waals surface area (Å²) in [5.41, 5.74) is 1.39. The first kappa shape index (κ1) is 15.6. The second-order valence-electron chi connectivity index (χ2n) is 5.97. The number of ether oxygens (including phenoxy) is 1. The lowest BCUT2D eigenvalue weighted by Crippen LogP contribution is -2.44. The van der Waals surface area contributed by atoms with Gasteiger partial charge in [-0.05, 0) is 43.5 Å². The largest absolute Gasteiger partial charge is 0.489 e. The van der Waals surface area contributed by atoms with Gasteiger partial charge in [-0.2, -0.15) is 0 Å². The van der Waals surface area contributed by atoms with Crippen molar-refractivity contribution in [3.8, 4) is 5.75 Å². The van der Waals surface area contributed by atoms with E-state index in [1.807, 2.05) is 13.0 Å². The first-order valence-corrected chi connectivity index (χ1v) is 7.31. The highest BCUT2D eigenvalue weighted by molar-refractivity contribution is 5.94. The molecule has 2 rings (SSSR count). The number of benzene rings is 1. The molecular weight excluding hydrogens is 266 g/mol. The summed E-state index contributed by atoms with van der Waals surface area (Å²) >= 11 is 0. The molecule has 0 aliphatic heterocycles. The maximum Gasteiger partial charge on any atom is 0.251 e. The second kappa shape index (κ2) is 6.76. The van der Waals surface area contributed by atoms with E-state index >= 15 is 0 Å². The summed E-state index contributed by atoms with van der Waals surface area (Å²) in [4.78, 5) is 12.2. The van der Waals surface area contributed by atoms with Gasteiger partial charge in [0.05, 0.1) is 6.61 Å². The van der Waals surface area contributed by atoms with Gasteiger partial charge in [-0.25, -0.2) is 0 Å². The number of amides is 1. The minimum absolute atomic E-state index is 0.107. The predicted octanol–water partition coefficient (Wildman–Crippen LogP) is 2.53. The van der Waals surface area contributed by atoms with Crippen LogP contribution in [0.1, 0.15) is 36.5 Å². The molecule has 0 spiro atoms. The average molecular weight is 289 g/mol. The quantitative estimate of drug-likeness (QED) is 0.758. The van der Waals surface area contributed by atoms with E-state index in [9.17, 15) is 9.90 Å². The van der Waals surface area contributed by atoms with E-state index in [1.54, 1.807) is 18.2 Å². The summed E-state index contributed by atoms with van der Waals surface area (Å²) in [6, 6.07) is 7.11. The average Bonchev–Trinajstić information content (AvgIpc) is 2.44. The number of hydrogen-bond donors (Lipinski definition) is 2. The second-order valence-corrected chi connectivity index (χ2v) is 5.97. The van der Waals surface area contributed by atoms with Crippen LogP contribution in [-0.4, -0.2) is 30.8 Å². The highest BCUT2D eigenvalue weighted by Crippen LogP contribution is 2.39. The Balaban J connectivity index is 1.92. The van der Waals surface area contributed by atoms with E-state index in [-0.39, 0.29) is 17.9 Å². The van der Waals surface area contributed by atoms with Crippen LogP contribution >= 0.6 is 0 Å². The standard InChI is InChI=1S/C17H23NO3/c1-13(2)10-21-15-6-3-5-14(9-15)16(20)18-11-17(12-19)7-4-8-17/h3,5-6,9,19H,1,4,7-8,10-12H2,2H3,(H,18,20). The highest BCUT2D eigenvalue weighted by Gasteiger charge is 2.36. The van der Waals surface area contributed by atoms with E-state index < -0.39 is 0 Å². The third-order valence-electron chi connectivity index (χ3n) is 3.96. The lowest BCUT2D eigenvalue weighted by atomic mass is 9.69. The molecule has 0 unspecified atom stereocenters. The van der Waals surface area contributed by atoms with Crippen molar-refractivity contribution in [2.24, 2.45) is 5.41 Å². The first-order chi connectivity index (χ1) is 10.0. The predicted molar refractivity (Wildman–Crippen MR) is 82.5 cm³/mol. The zero-order chi connectivity index (χ0) is 15.3. The minimum atomic E-state index is -0.129. The van der Waals surface area contributed by atoms with E-state index in [2.05, 4.69) is 11.9 Å². The van der Waals surface area contributed by atoms with Crippen LogP contribution < -0.4 is 10.1 Å². The van der Waals surface area contributed by atoms with Crippen LogP contribution in [0, 0.1) is 5.41 Å². The molecular formula is C17H23NO3. The van der Waals surface area contributed by atoms with Gasteiger partial charge in [0.25, 0.3) is 5.91 Å². The Labute approximate surface area is 125 Å². The maximum absolute atomic E-state index is 12.2. The molecule has 0 heterocycles. The van der Waals surface area contributed by atoms with Crippen molar-refractivity contribution < 1.29 is 14.6 Å². The molecule has 1 amide bonds. The van der Waals surface area contributed by atoms with Crippen molar-refractivity contribution in [3.05, 3.63) is 42.0 Å². The molecule has 1 fully saturated rings. The molecule has 0 atom stereocenters. The number of nitrogens with one attached hydrogen (secondary N) is 1. The monoisotopic (exact) mass is 289 g/mol. The van der Waals surface area contributed by atoms with Crippen LogP contribution in [0.5, 0.6) is 5.75 Å². The zero-order valence-corrected chi connectivity index (χ0v) is 12.5. The molecule has 4 nitrogen and oxygen atoms in total. The number of carbonyl (C=O) groups is 1. The zero-order valence-electron chi connectivity index (χ0n) is 12.5. The summed E-state index contributed by atoms with van der Waals surface area (Å²) in [5.74, 6) is 0.529. The van der Waals surface area contributed by atoms with E-state index in [4.69, 9.17) is 4.74 Å². The van der Waals surface area contributed by atoms with E-state index in [0.29, 0.717) is 24.5 Å². The van der Waals surface area contributed by atoms with E-state index in [0.717, 1.165) is 24.8 Å². The van der Waals surface area contributed by atoms with Crippen molar-refractivity contribution in [2.45, 2.75) is 26.2 Å². The van der Waals surface area contributed by atoms with Crippen LogP contribution in [0.4, 0.5) is 0 Å². The molecule has 4 heteroatoms. The van der Waals surface area contributed by atoms with Gasteiger partial charge in [0.1, 0.15) is 12.4 Å². The normalized spacial score (nSPS) is 15.9. The van der Waals surface area contributed by atoms with Gasteiger partial charge in [-0.3, -0.25) is 4.79 Å². The van der Waals surface area contributed by atoms with Crippen LogP contribution in [-0.2, 0) is 0 Å². The fourth-order valence-electron chi connectivity index (χ4n) is 2.37. The number of carbonyl (C=O) groups excluding carboxylic acids is 1. The molecule has 0 saturated heterocycles. The Hall–Kier alpha value is -1.81. The molecule has 0 aromatic heterocycles. The lowest BCUT2D eigenvalue weighted by Gasteiger charge is -2.40. The molecule has 1 aliphatic rings. The van der Waals surface area contributed by atoms with Crippen LogP contribution in [0.15, 0.2) is 36.4 Å². The molecule has 114 valence electrons. The van der Waals surface area contributed by atoms with Crippen molar-refractivity contribution in [2.75, 3.05) is 19.8 Å². The van der Waals surface area contributed by atoms with Crippen molar-refractivity contribution >= 4 is 5.91 Å². The van der Waals surface area contributed by atoms with Crippen molar-refractivity contribution in [1.29, 1.82) is 0 Å². The molecule has 0 radical (unpaired) electrons. The third kappa shape index (κ3) is 4.08. The summed E-state index contributed by atoms with van der Waals surface area (Å²) in [7, 11) is 0. The van der Waals surface area contributed by atoms with Gasteiger partial charge in [-0.1, -0.05) is 19.1 Å². The maximum atomic E-state index is 12.2. The SMILES string of the molecule is C=C(C)COc1cccc(C(=O)NCC2(CO)CCC2)c1. The van der Waals surface area contributed by atoms with Crippen molar-refractivity contribution in [3.63, 3.8) is 0 Å².